The second-order valence-corrected chi connectivity index (χ2v) is 3.99. The zero-order valence-electron chi connectivity index (χ0n) is 6.30. The Bertz CT molecular complexity index is 147. The molecule has 1 rings (SSSR count). The van der Waals surface area contributed by atoms with Crippen molar-refractivity contribution >= 4 is 21.8 Å². The second-order valence-electron chi connectivity index (χ2n) is 2.88. The van der Waals surface area contributed by atoms with Crippen molar-refractivity contribution in [2.24, 2.45) is 0 Å². The van der Waals surface area contributed by atoms with Gasteiger partial charge in [-0.25, -0.2) is 0 Å². The third-order valence-electron chi connectivity index (χ3n) is 1.80. The summed E-state index contributed by atoms with van der Waals surface area (Å²) < 4.78 is 0. The van der Waals surface area contributed by atoms with Crippen molar-refractivity contribution in [3.8, 4) is 0 Å². The summed E-state index contributed by atoms with van der Waals surface area (Å²) in [4.78, 5) is 13.2. The molecule has 1 aliphatic heterocycles. The van der Waals surface area contributed by atoms with E-state index in [2.05, 4.69) is 15.9 Å². The van der Waals surface area contributed by atoms with Gasteiger partial charge in [0.2, 0.25) is 5.91 Å². The van der Waals surface area contributed by atoms with E-state index in [1.165, 1.54) is 0 Å². The zero-order chi connectivity index (χ0) is 7.72. The average molecular weight is 206 g/mol. The van der Waals surface area contributed by atoms with Gasteiger partial charge in [0.1, 0.15) is 0 Å². The third-order valence-corrected chi connectivity index (χ3v) is 2.65. The first-order valence-electron chi connectivity index (χ1n) is 3.57. The number of nitrogens with zero attached hydrogens (tertiary/aromatic N) is 1. The number of alkyl halides is 1. The van der Waals surface area contributed by atoms with E-state index >= 15 is 0 Å². The van der Waals surface area contributed by atoms with Gasteiger partial charge in [-0.15, -0.1) is 0 Å². The lowest BCUT2D eigenvalue weighted by Gasteiger charge is -2.19. The number of rotatable bonds is 1. The Morgan fingerprint density at radius 1 is 1.70 bits per heavy atom. The number of likely N-dealkylation sites (tertiary alicyclic amines) is 1. The van der Waals surface area contributed by atoms with Gasteiger partial charge in [0, 0.05) is 12.6 Å². The number of halogens is 1. The van der Waals surface area contributed by atoms with Gasteiger partial charge in [-0.1, -0.05) is 15.9 Å². The van der Waals surface area contributed by atoms with Crippen molar-refractivity contribution in [1.82, 2.24) is 4.90 Å². The largest absolute Gasteiger partial charge is 0.339 e. The van der Waals surface area contributed by atoms with Crippen LogP contribution in [-0.4, -0.2) is 28.2 Å². The Hall–Kier alpha value is -0.0500. The molecule has 0 aliphatic carbocycles. The number of amides is 1. The molecule has 10 heavy (non-hydrogen) atoms. The maximum absolute atomic E-state index is 11.2. The SMILES string of the molecule is CC(C)N1CC[C@@H](Br)C1=O. The molecule has 2 nitrogen and oxygen atoms in total. The minimum Gasteiger partial charge on any atom is -0.339 e. The van der Waals surface area contributed by atoms with Crippen LogP contribution in [0.25, 0.3) is 0 Å². The van der Waals surface area contributed by atoms with Gasteiger partial charge >= 0.3 is 0 Å². The Labute approximate surface area is 69.7 Å². The monoisotopic (exact) mass is 205 g/mol. The summed E-state index contributed by atoms with van der Waals surface area (Å²) in [6.07, 6.45) is 0.955. The lowest BCUT2D eigenvalue weighted by Crippen LogP contribution is -2.33. The van der Waals surface area contributed by atoms with E-state index in [0.29, 0.717) is 6.04 Å². The van der Waals surface area contributed by atoms with Crippen LogP contribution < -0.4 is 0 Å². The maximum atomic E-state index is 11.2. The normalized spacial score (nSPS) is 26.6. The molecular weight excluding hydrogens is 194 g/mol. The predicted molar refractivity (Wildman–Crippen MR) is 44.2 cm³/mol. The molecule has 0 saturated carbocycles. The van der Waals surface area contributed by atoms with Crippen LogP contribution >= 0.6 is 15.9 Å². The van der Waals surface area contributed by atoms with Crippen LogP contribution in [0, 0.1) is 0 Å². The first-order valence-corrected chi connectivity index (χ1v) is 4.49. The Morgan fingerprint density at radius 3 is 2.50 bits per heavy atom. The van der Waals surface area contributed by atoms with Crippen LogP contribution in [0.4, 0.5) is 0 Å². The maximum Gasteiger partial charge on any atom is 0.236 e. The summed E-state index contributed by atoms with van der Waals surface area (Å²) in [6.45, 7) is 5.00. The molecule has 1 aliphatic rings. The van der Waals surface area contributed by atoms with E-state index in [9.17, 15) is 4.79 Å². The van der Waals surface area contributed by atoms with E-state index in [1.807, 2.05) is 18.7 Å². The van der Waals surface area contributed by atoms with Gasteiger partial charge < -0.3 is 4.90 Å². The van der Waals surface area contributed by atoms with Crippen LogP contribution in [0.5, 0.6) is 0 Å². The Balaban J connectivity index is 2.57. The highest BCUT2D eigenvalue weighted by Crippen LogP contribution is 2.19. The van der Waals surface area contributed by atoms with E-state index in [-0.39, 0.29) is 10.7 Å². The van der Waals surface area contributed by atoms with Crippen molar-refractivity contribution in [2.45, 2.75) is 31.1 Å². The molecule has 1 atom stereocenters. The molecule has 0 N–H and O–H groups in total. The predicted octanol–water partition coefficient (Wildman–Crippen LogP) is 1.39. The number of carbonyl (C=O) groups excluding carboxylic acids is 1. The molecule has 0 spiro atoms. The smallest absolute Gasteiger partial charge is 0.236 e. The van der Waals surface area contributed by atoms with Gasteiger partial charge in [-0.2, -0.15) is 0 Å². The third kappa shape index (κ3) is 1.34. The minimum atomic E-state index is 0.0786. The standard InChI is InChI=1S/C7H12BrNO/c1-5(2)9-4-3-6(8)7(9)10/h5-6H,3-4H2,1-2H3/t6-/m1/s1. The molecule has 1 fully saturated rings. The zero-order valence-corrected chi connectivity index (χ0v) is 7.89. The van der Waals surface area contributed by atoms with Gasteiger partial charge in [0.05, 0.1) is 4.83 Å². The molecule has 0 aromatic rings. The van der Waals surface area contributed by atoms with Gasteiger partial charge in [0.25, 0.3) is 0 Å². The highest BCUT2D eigenvalue weighted by Gasteiger charge is 2.30. The molecule has 0 aromatic carbocycles. The van der Waals surface area contributed by atoms with E-state index < -0.39 is 0 Å². The van der Waals surface area contributed by atoms with Gasteiger partial charge in [0.15, 0.2) is 0 Å². The second kappa shape index (κ2) is 2.91. The number of hydrogen-bond donors (Lipinski definition) is 0. The van der Waals surface area contributed by atoms with Crippen LogP contribution in [0.1, 0.15) is 20.3 Å². The fourth-order valence-electron chi connectivity index (χ4n) is 1.18. The van der Waals surface area contributed by atoms with Crippen LogP contribution in [0.2, 0.25) is 0 Å². The quantitative estimate of drug-likeness (QED) is 0.593. The molecular formula is C7H12BrNO. The highest BCUT2D eigenvalue weighted by molar-refractivity contribution is 9.10. The van der Waals surface area contributed by atoms with Crippen LogP contribution in [0.15, 0.2) is 0 Å². The Kier molecular flexibility index (Phi) is 2.34. The summed E-state index contributed by atoms with van der Waals surface area (Å²) in [5.41, 5.74) is 0. The first-order chi connectivity index (χ1) is 4.63. The van der Waals surface area contributed by atoms with Crippen molar-refractivity contribution < 1.29 is 4.79 Å². The molecule has 1 heterocycles. The molecule has 58 valence electrons. The lowest BCUT2D eigenvalue weighted by molar-refractivity contribution is -0.128. The molecule has 1 amide bonds. The van der Waals surface area contributed by atoms with Crippen molar-refractivity contribution in [2.75, 3.05) is 6.54 Å². The molecule has 0 bridgehead atoms. The van der Waals surface area contributed by atoms with E-state index in [4.69, 9.17) is 0 Å². The number of carbonyl (C=O) groups is 1. The summed E-state index contributed by atoms with van der Waals surface area (Å²) >= 11 is 3.32. The summed E-state index contributed by atoms with van der Waals surface area (Å²) in [5.74, 6) is 0.245. The fraction of sp³-hybridized carbons (Fsp3) is 0.857. The van der Waals surface area contributed by atoms with Crippen molar-refractivity contribution in [1.29, 1.82) is 0 Å². The molecule has 1 saturated heterocycles. The van der Waals surface area contributed by atoms with Crippen LogP contribution in [-0.2, 0) is 4.79 Å². The van der Waals surface area contributed by atoms with Gasteiger partial charge in [-0.05, 0) is 20.3 Å². The van der Waals surface area contributed by atoms with E-state index in [1.54, 1.807) is 0 Å². The Morgan fingerprint density at radius 2 is 2.30 bits per heavy atom. The molecule has 0 unspecified atom stereocenters. The molecule has 0 aromatic heterocycles. The minimum absolute atomic E-state index is 0.0786. The summed E-state index contributed by atoms with van der Waals surface area (Å²) in [5, 5.41) is 0. The first kappa shape index (κ1) is 8.05. The van der Waals surface area contributed by atoms with Gasteiger partial charge in [-0.3, -0.25) is 4.79 Å². The van der Waals surface area contributed by atoms with Crippen LogP contribution in [0.3, 0.4) is 0 Å². The van der Waals surface area contributed by atoms with E-state index in [0.717, 1.165) is 13.0 Å². The molecule has 3 heteroatoms. The highest BCUT2D eigenvalue weighted by atomic mass is 79.9. The summed E-state index contributed by atoms with van der Waals surface area (Å²) in [7, 11) is 0. The molecule has 0 radical (unpaired) electrons. The fourth-order valence-corrected chi connectivity index (χ4v) is 1.65. The average Bonchev–Trinajstić information content (AvgIpc) is 2.14. The lowest BCUT2D eigenvalue weighted by atomic mass is 10.3. The van der Waals surface area contributed by atoms with Crippen molar-refractivity contribution in [3.05, 3.63) is 0 Å². The topological polar surface area (TPSA) is 20.3 Å². The van der Waals surface area contributed by atoms with Crippen molar-refractivity contribution in [3.63, 3.8) is 0 Å². The summed E-state index contributed by atoms with van der Waals surface area (Å²) in [6, 6.07) is 0.357. The number of hydrogen-bond acceptors (Lipinski definition) is 1.